The number of nitrogens with one attached hydrogen (secondary N) is 2. The van der Waals surface area contributed by atoms with E-state index in [1.54, 1.807) is 19.1 Å². The Morgan fingerprint density at radius 3 is 2.54 bits per heavy atom. The number of rotatable bonds is 6. The fraction of sp³-hybridized carbons (Fsp3) is 0.444. The maximum Gasteiger partial charge on any atom is 0.338 e. The van der Waals surface area contributed by atoms with Crippen molar-refractivity contribution in [3.8, 4) is 11.5 Å². The van der Waals surface area contributed by atoms with Crippen molar-refractivity contribution in [1.29, 1.82) is 0 Å². The van der Waals surface area contributed by atoms with Crippen molar-refractivity contribution >= 4 is 27.9 Å². The van der Waals surface area contributed by atoms with E-state index in [0.29, 0.717) is 39.4 Å². The van der Waals surface area contributed by atoms with Crippen molar-refractivity contribution in [2.45, 2.75) is 26.8 Å². The van der Waals surface area contributed by atoms with Gasteiger partial charge in [0.05, 0.1) is 36.9 Å². The molecule has 0 aromatic heterocycles. The zero-order valence-corrected chi connectivity index (χ0v) is 17.0. The molecule has 0 saturated heterocycles. The highest BCUT2D eigenvalue weighted by Gasteiger charge is 2.34. The predicted octanol–water partition coefficient (Wildman–Crippen LogP) is 3.29. The summed E-state index contributed by atoms with van der Waals surface area (Å²) in [6, 6.07) is 2.41. The number of benzene rings is 1. The van der Waals surface area contributed by atoms with Gasteiger partial charge in [0.15, 0.2) is 11.5 Å². The van der Waals surface area contributed by atoms with Gasteiger partial charge in [-0.3, -0.25) is 0 Å². The summed E-state index contributed by atoms with van der Waals surface area (Å²) in [4.78, 5) is 24.7. The fourth-order valence-electron chi connectivity index (χ4n) is 2.65. The summed E-state index contributed by atoms with van der Waals surface area (Å²) in [7, 11) is 3.06. The van der Waals surface area contributed by atoms with E-state index in [4.69, 9.17) is 14.2 Å². The van der Waals surface area contributed by atoms with Gasteiger partial charge in [-0.1, -0.05) is 19.9 Å². The lowest BCUT2D eigenvalue weighted by Crippen LogP contribution is -2.45. The molecule has 142 valence electrons. The lowest BCUT2D eigenvalue weighted by molar-refractivity contribution is -0.140. The van der Waals surface area contributed by atoms with Crippen molar-refractivity contribution in [2.75, 3.05) is 20.8 Å². The van der Waals surface area contributed by atoms with Crippen LogP contribution in [0.25, 0.3) is 0 Å². The molecule has 0 aliphatic carbocycles. The highest BCUT2D eigenvalue weighted by atomic mass is 79.9. The Morgan fingerprint density at radius 2 is 1.96 bits per heavy atom. The van der Waals surface area contributed by atoms with Crippen molar-refractivity contribution in [3.63, 3.8) is 0 Å². The monoisotopic (exact) mass is 426 g/mol. The number of urea groups is 1. The van der Waals surface area contributed by atoms with Crippen LogP contribution in [0.4, 0.5) is 4.79 Å². The van der Waals surface area contributed by atoms with Crippen molar-refractivity contribution < 1.29 is 23.8 Å². The summed E-state index contributed by atoms with van der Waals surface area (Å²) in [5.41, 5.74) is 1.46. The second-order valence-corrected chi connectivity index (χ2v) is 7.06. The highest BCUT2D eigenvalue weighted by Crippen LogP contribution is 2.42. The third-order valence-corrected chi connectivity index (χ3v) is 4.68. The number of carbonyl (C=O) groups is 2. The first-order chi connectivity index (χ1) is 12.3. The number of hydrogen-bond acceptors (Lipinski definition) is 5. The number of ether oxygens (including phenoxy) is 3. The number of esters is 1. The van der Waals surface area contributed by atoms with E-state index in [1.165, 1.54) is 14.2 Å². The third kappa shape index (κ3) is 4.12. The normalized spacial score (nSPS) is 16.9. The second kappa shape index (κ2) is 8.44. The molecule has 0 bridgehead atoms. The number of hydrogen-bond donors (Lipinski definition) is 2. The van der Waals surface area contributed by atoms with Crippen LogP contribution < -0.4 is 20.1 Å². The number of allylic oxidation sites excluding steroid dienone is 1. The second-order valence-electron chi connectivity index (χ2n) is 6.27. The molecule has 1 heterocycles. The van der Waals surface area contributed by atoms with Crippen LogP contribution in [0.2, 0.25) is 0 Å². The Balaban J connectivity index is 2.49. The lowest BCUT2D eigenvalue weighted by atomic mass is 9.95. The molecular weight excluding hydrogens is 404 g/mol. The van der Waals surface area contributed by atoms with E-state index in [0.717, 1.165) is 0 Å². The van der Waals surface area contributed by atoms with Crippen LogP contribution in [0.5, 0.6) is 11.5 Å². The molecule has 0 saturated carbocycles. The molecule has 2 N–H and O–H groups in total. The van der Waals surface area contributed by atoms with Gasteiger partial charge in [-0.25, -0.2) is 9.59 Å². The van der Waals surface area contributed by atoms with Gasteiger partial charge in [0, 0.05) is 5.70 Å². The topological polar surface area (TPSA) is 85.9 Å². The summed E-state index contributed by atoms with van der Waals surface area (Å²) in [6.07, 6.45) is 0. The number of carbonyl (C=O) groups excluding carboxylic acids is 2. The molecule has 8 heteroatoms. The van der Waals surface area contributed by atoms with Gasteiger partial charge in [-0.15, -0.1) is 0 Å². The molecule has 0 spiro atoms. The summed E-state index contributed by atoms with van der Waals surface area (Å²) >= 11 is 3.50. The van der Waals surface area contributed by atoms with Gasteiger partial charge in [0.2, 0.25) is 0 Å². The van der Waals surface area contributed by atoms with Crippen molar-refractivity contribution in [1.82, 2.24) is 10.6 Å². The van der Waals surface area contributed by atoms with Crippen LogP contribution in [0.1, 0.15) is 32.4 Å². The van der Waals surface area contributed by atoms with E-state index in [2.05, 4.69) is 26.6 Å². The van der Waals surface area contributed by atoms with E-state index < -0.39 is 18.0 Å². The zero-order valence-electron chi connectivity index (χ0n) is 15.4. The van der Waals surface area contributed by atoms with Gasteiger partial charge in [-0.05, 0) is 40.4 Å². The minimum atomic E-state index is -0.683. The Labute approximate surface area is 161 Å². The summed E-state index contributed by atoms with van der Waals surface area (Å²) in [6.45, 7) is 5.88. The quantitative estimate of drug-likeness (QED) is 0.681. The van der Waals surface area contributed by atoms with E-state index in [1.807, 2.05) is 13.8 Å². The van der Waals surface area contributed by atoms with E-state index >= 15 is 0 Å². The average Bonchev–Trinajstić information content (AvgIpc) is 2.58. The lowest BCUT2D eigenvalue weighted by Gasteiger charge is -2.29. The van der Waals surface area contributed by atoms with Crippen LogP contribution in [-0.4, -0.2) is 32.8 Å². The SMILES string of the molecule is COc1ccc(C2NC(=O)NC(C)=C2C(=O)OCC(C)C)c(Br)c1OC. The molecule has 1 atom stereocenters. The summed E-state index contributed by atoms with van der Waals surface area (Å²) in [5.74, 6) is 0.742. The minimum Gasteiger partial charge on any atom is -0.493 e. The highest BCUT2D eigenvalue weighted by molar-refractivity contribution is 9.10. The average molecular weight is 427 g/mol. The minimum absolute atomic E-state index is 0.206. The van der Waals surface area contributed by atoms with Crippen LogP contribution in [-0.2, 0) is 9.53 Å². The Kier molecular flexibility index (Phi) is 6.52. The molecule has 1 aliphatic heterocycles. The summed E-state index contributed by atoms with van der Waals surface area (Å²) < 4.78 is 16.7. The largest absolute Gasteiger partial charge is 0.493 e. The molecule has 0 fully saturated rings. The Hall–Kier alpha value is -2.22. The van der Waals surface area contributed by atoms with Crippen LogP contribution >= 0.6 is 15.9 Å². The van der Waals surface area contributed by atoms with E-state index in [9.17, 15) is 9.59 Å². The first-order valence-corrected chi connectivity index (χ1v) is 8.95. The van der Waals surface area contributed by atoms with E-state index in [-0.39, 0.29) is 5.92 Å². The molecule has 1 unspecified atom stereocenters. The summed E-state index contributed by atoms with van der Waals surface area (Å²) in [5, 5.41) is 5.40. The van der Waals surface area contributed by atoms with Gasteiger partial charge in [0.1, 0.15) is 0 Å². The number of methoxy groups -OCH3 is 2. The molecule has 26 heavy (non-hydrogen) atoms. The van der Waals surface area contributed by atoms with Gasteiger partial charge < -0.3 is 24.8 Å². The van der Waals surface area contributed by atoms with Crippen molar-refractivity contribution in [2.24, 2.45) is 5.92 Å². The van der Waals surface area contributed by atoms with Gasteiger partial charge >= 0.3 is 12.0 Å². The first kappa shape index (κ1) is 20.1. The van der Waals surface area contributed by atoms with Gasteiger partial charge in [-0.2, -0.15) is 0 Å². The van der Waals surface area contributed by atoms with Crippen LogP contribution in [0.15, 0.2) is 27.9 Å². The molecule has 1 aromatic rings. The molecule has 7 nitrogen and oxygen atoms in total. The fourth-order valence-corrected chi connectivity index (χ4v) is 3.36. The smallest absolute Gasteiger partial charge is 0.338 e. The molecule has 2 amide bonds. The third-order valence-electron chi connectivity index (χ3n) is 3.86. The number of amides is 2. The standard InChI is InChI=1S/C18H23BrN2O5/c1-9(2)8-26-17(22)13-10(3)20-18(23)21-15(13)11-6-7-12(24-4)16(25-5)14(11)19/h6-7,9,15H,8H2,1-5H3,(H2,20,21,23). The molecule has 2 rings (SSSR count). The van der Waals surface area contributed by atoms with Gasteiger partial charge in [0.25, 0.3) is 0 Å². The Morgan fingerprint density at radius 1 is 1.27 bits per heavy atom. The molecule has 1 aliphatic rings. The maximum absolute atomic E-state index is 12.6. The van der Waals surface area contributed by atoms with Crippen molar-refractivity contribution in [3.05, 3.63) is 33.4 Å². The maximum atomic E-state index is 12.6. The predicted molar refractivity (Wildman–Crippen MR) is 100 cm³/mol. The zero-order chi connectivity index (χ0) is 19.4. The molecule has 1 aromatic carbocycles. The van der Waals surface area contributed by atoms with Crippen LogP contribution in [0.3, 0.4) is 0 Å². The Bertz CT molecular complexity index is 745. The molecular formula is C18H23BrN2O5. The van der Waals surface area contributed by atoms with Crippen LogP contribution in [0, 0.1) is 5.92 Å². The number of halogens is 1. The molecule has 0 radical (unpaired) electrons. The first-order valence-electron chi connectivity index (χ1n) is 8.15.